The second kappa shape index (κ2) is 7.27. The molecule has 0 bridgehead atoms. The molecular formula is C14H22N2O3. The Balaban J connectivity index is 2.86. The first-order valence-electron chi connectivity index (χ1n) is 6.70. The highest BCUT2D eigenvalue weighted by molar-refractivity contribution is 5.87. The van der Waals surface area contributed by atoms with Crippen LogP contribution < -0.4 is 0 Å². The van der Waals surface area contributed by atoms with E-state index in [0.29, 0.717) is 32.6 Å². The SMILES string of the molecule is C=CC(=O)N1CCC(OCC)(OCC)CC1CC#N. The Morgan fingerprint density at radius 2 is 2.16 bits per heavy atom. The molecule has 0 radical (unpaired) electrons. The zero-order valence-corrected chi connectivity index (χ0v) is 11.7. The number of hydrogen-bond acceptors (Lipinski definition) is 4. The first kappa shape index (κ1) is 15.7. The largest absolute Gasteiger partial charge is 0.350 e. The van der Waals surface area contributed by atoms with Crippen LogP contribution in [0, 0.1) is 11.3 Å². The van der Waals surface area contributed by atoms with Gasteiger partial charge in [-0.2, -0.15) is 5.26 Å². The highest BCUT2D eigenvalue weighted by Gasteiger charge is 2.42. The normalized spacial score (nSPS) is 21.7. The summed E-state index contributed by atoms with van der Waals surface area (Å²) in [5.74, 6) is -0.801. The molecule has 0 aromatic rings. The standard InChI is InChI=1S/C14H22N2O3/c1-4-13(17)16-10-8-14(18-5-2,19-6-3)11-12(16)7-9-15/h4,12H,1,5-8,10-11H2,2-3H3. The minimum Gasteiger partial charge on any atom is -0.350 e. The molecule has 19 heavy (non-hydrogen) atoms. The van der Waals surface area contributed by atoms with Crippen LogP contribution in [-0.4, -0.2) is 42.4 Å². The van der Waals surface area contributed by atoms with E-state index in [-0.39, 0.29) is 18.4 Å². The number of carbonyl (C=O) groups excluding carboxylic acids is 1. The van der Waals surface area contributed by atoms with Gasteiger partial charge in [0.2, 0.25) is 5.91 Å². The Hall–Kier alpha value is -1.38. The van der Waals surface area contributed by atoms with Gasteiger partial charge in [0.25, 0.3) is 0 Å². The Kier molecular flexibility index (Phi) is 6.00. The smallest absolute Gasteiger partial charge is 0.246 e. The molecule has 5 heteroatoms. The average molecular weight is 266 g/mol. The van der Waals surface area contributed by atoms with Gasteiger partial charge in [-0.05, 0) is 19.9 Å². The lowest BCUT2D eigenvalue weighted by atomic mass is 9.93. The topological polar surface area (TPSA) is 62.6 Å². The first-order chi connectivity index (χ1) is 9.12. The van der Waals surface area contributed by atoms with Gasteiger partial charge < -0.3 is 14.4 Å². The van der Waals surface area contributed by atoms with Crippen molar-refractivity contribution in [1.29, 1.82) is 5.26 Å². The molecule has 1 amide bonds. The van der Waals surface area contributed by atoms with Crippen LogP contribution in [0.4, 0.5) is 0 Å². The summed E-state index contributed by atoms with van der Waals surface area (Å²) in [6, 6.07) is 1.95. The van der Waals surface area contributed by atoms with Gasteiger partial charge in [-0.1, -0.05) is 6.58 Å². The van der Waals surface area contributed by atoms with Crippen LogP contribution in [0.3, 0.4) is 0 Å². The summed E-state index contributed by atoms with van der Waals surface area (Å²) in [6.07, 6.45) is 2.72. The molecule has 0 saturated carbocycles. The van der Waals surface area contributed by atoms with Crippen LogP contribution >= 0.6 is 0 Å². The van der Waals surface area contributed by atoms with Crippen molar-refractivity contribution in [2.75, 3.05) is 19.8 Å². The minimum atomic E-state index is -0.664. The van der Waals surface area contributed by atoms with Crippen molar-refractivity contribution in [3.05, 3.63) is 12.7 Å². The molecule has 1 saturated heterocycles. The van der Waals surface area contributed by atoms with Crippen molar-refractivity contribution in [3.63, 3.8) is 0 Å². The van der Waals surface area contributed by atoms with Crippen molar-refractivity contribution in [3.8, 4) is 6.07 Å². The summed E-state index contributed by atoms with van der Waals surface area (Å²) in [5, 5.41) is 8.93. The summed E-state index contributed by atoms with van der Waals surface area (Å²) in [4.78, 5) is 13.5. The van der Waals surface area contributed by atoms with Crippen molar-refractivity contribution >= 4 is 5.91 Å². The van der Waals surface area contributed by atoms with Crippen LogP contribution in [0.25, 0.3) is 0 Å². The third-order valence-corrected chi connectivity index (χ3v) is 3.32. The van der Waals surface area contributed by atoms with Gasteiger partial charge in [0.05, 0.1) is 18.5 Å². The molecule has 1 heterocycles. The lowest BCUT2D eigenvalue weighted by molar-refractivity contribution is -0.259. The van der Waals surface area contributed by atoms with Crippen molar-refractivity contribution in [1.82, 2.24) is 4.90 Å². The van der Waals surface area contributed by atoms with Crippen LogP contribution in [-0.2, 0) is 14.3 Å². The van der Waals surface area contributed by atoms with E-state index >= 15 is 0 Å². The summed E-state index contributed by atoms with van der Waals surface area (Å²) in [5.41, 5.74) is 0. The number of hydrogen-bond donors (Lipinski definition) is 0. The fourth-order valence-electron chi connectivity index (χ4n) is 2.57. The molecule has 1 atom stereocenters. The number of ether oxygens (including phenoxy) is 2. The molecule has 1 fully saturated rings. The van der Waals surface area contributed by atoms with E-state index in [4.69, 9.17) is 14.7 Å². The fourth-order valence-corrected chi connectivity index (χ4v) is 2.57. The molecule has 106 valence electrons. The van der Waals surface area contributed by atoms with Crippen LogP contribution in [0.5, 0.6) is 0 Å². The Morgan fingerprint density at radius 1 is 1.53 bits per heavy atom. The van der Waals surface area contributed by atoms with Crippen LogP contribution in [0.15, 0.2) is 12.7 Å². The lowest BCUT2D eigenvalue weighted by Crippen LogP contribution is -2.54. The number of nitrogens with zero attached hydrogens (tertiary/aromatic N) is 2. The first-order valence-corrected chi connectivity index (χ1v) is 6.70. The average Bonchev–Trinajstić information content (AvgIpc) is 2.39. The van der Waals surface area contributed by atoms with E-state index in [1.165, 1.54) is 6.08 Å². The highest BCUT2D eigenvalue weighted by atomic mass is 16.7. The number of rotatable bonds is 6. The second-order valence-corrected chi connectivity index (χ2v) is 4.48. The Labute approximate surface area is 114 Å². The molecule has 1 aliphatic rings. The van der Waals surface area contributed by atoms with Crippen molar-refractivity contribution in [2.24, 2.45) is 0 Å². The third kappa shape index (κ3) is 3.79. The lowest BCUT2D eigenvalue weighted by Gasteiger charge is -2.45. The summed E-state index contributed by atoms with van der Waals surface area (Å²) >= 11 is 0. The Morgan fingerprint density at radius 3 is 2.63 bits per heavy atom. The molecule has 0 aromatic carbocycles. The number of likely N-dealkylation sites (tertiary alicyclic amines) is 1. The van der Waals surface area contributed by atoms with Gasteiger partial charge in [0.15, 0.2) is 5.79 Å². The summed E-state index contributed by atoms with van der Waals surface area (Å²) in [7, 11) is 0. The summed E-state index contributed by atoms with van der Waals surface area (Å²) < 4.78 is 11.5. The zero-order valence-electron chi connectivity index (χ0n) is 11.7. The van der Waals surface area contributed by atoms with Crippen molar-refractivity contribution < 1.29 is 14.3 Å². The molecule has 0 N–H and O–H groups in total. The predicted octanol–water partition coefficient (Wildman–Crippen LogP) is 1.85. The molecule has 0 aliphatic carbocycles. The van der Waals surface area contributed by atoms with Gasteiger partial charge in [-0.15, -0.1) is 0 Å². The minimum absolute atomic E-state index is 0.137. The fraction of sp³-hybridized carbons (Fsp3) is 0.714. The monoisotopic (exact) mass is 266 g/mol. The summed E-state index contributed by atoms with van der Waals surface area (Å²) in [6.45, 7) is 8.96. The zero-order chi connectivity index (χ0) is 14.3. The van der Waals surface area contributed by atoms with E-state index in [0.717, 1.165) is 0 Å². The van der Waals surface area contributed by atoms with Crippen LogP contribution in [0.1, 0.15) is 33.1 Å². The molecule has 0 aromatic heterocycles. The number of amides is 1. The van der Waals surface area contributed by atoms with Crippen molar-refractivity contribution in [2.45, 2.75) is 44.9 Å². The van der Waals surface area contributed by atoms with Gasteiger partial charge in [-0.3, -0.25) is 4.79 Å². The van der Waals surface area contributed by atoms with E-state index < -0.39 is 5.79 Å². The highest BCUT2D eigenvalue weighted by Crippen LogP contribution is 2.33. The quantitative estimate of drug-likeness (QED) is 0.543. The molecule has 0 spiro atoms. The van der Waals surface area contributed by atoms with Gasteiger partial charge in [0, 0.05) is 32.6 Å². The maximum atomic E-state index is 11.8. The van der Waals surface area contributed by atoms with Gasteiger partial charge in [-0.25, -0.2) is 0 Å². The maximum Gasteiger partial charge on any atom is 0.246 e. The van der Waals surface area contributed by atoms with Gasteiger partial charge >= 0.3 is 0 Å². The molecule has 1 rings (SSSR count). The van der Waals surface area contributed by atoms with Gasteiger partial charge in [0.1, 0.15) is 0 Å². The predicted molar refractivity (Wildman–Crippen MR) is 71.1 cm³/mol. The van der Waals surface area contributed by atoms with E-state index in [9.17, 15) is 4.79 Å². The number of nitriles is 1. The van der Waals surface area contributed by atoms with E-state index in [1.54, 1.807) is 4.90 Å². The Bertz CT molecular complexity index is 356. The molecule has 1 aliphatic heterocycles. The molecule has 1 unspecified atom stereocenters. The molecular weight excluding hydrogens is 244 g/mol. The van der Waals surface area contributed by atoms with Crippen LogP contribution in [0.2, 0.25) is 0 Å². The second-order valence-electron chi connectivity index (χ2n) is 4.48. The number of carbonyl (C=O) groups is 1. The molecule has 5 nitrogen and oxygen atoms in total. The van der Waals surface area contributed by atoms with E-state index in [1.807, 2.05) is 13.8 Å². The maximum absolute atomic E-state index is 11.8. The van der Waals surface area contributed by atoms with E-state index in [2.05, 4.69) is 12.6 Å². The third-order valence-electron chi connectivity index (χ3n) is 3.32. The number of piperidine rings is 1.